The summed E-state index contributed by atoms with van der Waals surface area (Å²) in [7, 11) is 0. The maximum Gasteiger partial charge on any atom is 0.0436 e. The summed E-state index contributed by atoms with van der Waals surface area (Å²) in [6, 6.07) is 0. The molecule has 0 heterocycles. The zero-order valence-corrected chi connectivity index (χ0v) is 10.9. The van der Waals surface area contributed by atoms with E-state index >= 15 is 0 Å². The Balaban J connectivity index is 4.91. The summed E-state index contributed by atoms with van der Waals surface area (Å²) >= 11 is 0. The molecule has 0 nitrogen and oxygen atoms in total. The fourth-order valence-electron chi connectivity index (χ4n) is 1.24. The van der Waals surface area contributed by atoms with Gasteiger partial charge in [-0.25, -0.2) is 0 Å². The van der Waals surface area contributed by atoms with Gasteiger partial charge in [0, 0.05) is 12.3 Å². The van der Waals surface area contributed by atoms with Crippen molar-refractivity contribution in [2.45, 2.75) is 41.0 Å². The molecule has 0 N–H and O–H groups in total. The van der Waals surface area contributed by atoms with Crippen molar-refractivity contribution in [2.75, 3.05) is 0 Å². The summed E-state index contributed by atoms with van der Waals surface area (Å²) in [4.78, 5) is 0. The van der Waals surface area contributed by atoms with Crippen LogP contribution in [-0.2, 0) is 0 Å². The lowest BCUT2D eigenvalue weighted by molar-refractivity contribution is 0.104. The van der Waals surface area contributed by atoms with Gasteiger partial charge < -0.3 is 0 Å². The molecule has 0 aliphatic rings. The van der Waals surface area contributed by atoms with Gasteiger partial charge in [-0.2, -0.15) is 0 Å². The van der Waals surface area contributed by atoms with Crippen LogP contribution in [0.25, 0.3) is 0 Å². The average molecular weight is 204 g/mol. The first-order valence-corrected chi connectivity index (χ1v) is 5.49. The van der Waals surface area contributed by atoms with E-state index < -0.39 is 0 Å². The fourth-order valence-corrected chi connectivity index (χ4v) is 1.24. The lowest BCUT2D eigenvalue weighted by Gasteiger charge is -2.42. The Morgan fingerprint density at radius 2 is 1.67 bits per heavy atom. The van der Waals surface area contributed by atoms with E-state index in [4.69, 9.17) is 0 Å². The normalized spacial score (nSPS) is 13.7. The third-order valence-electron chi connectivity index (χ3n) is 3.45. The van der Waals surface area contributed by atoms with Gasteiger partial charge in [-0.3, -0.25) is 0 Å². The maximum atomic E-state index is 3.89. The van der Waals surface area contributed by atoms with Crippen LogP contribution in [0.15, 0.2) is 25.3 Å². The maximum absolute atomic E-state index is 3.89. The van der Waals surface area contributed by atoms with Gasteiger partial charge in [0.1, 0.15) is 0 Å². The quantitative estimate of drug-likeness (QED) is 0.471. The summed E-state index contributed by atoms with van der Waals surface area (Å²) in [5.41, 5.74) is 0.345. The molecule has 0 aromatic carbocycles. The van der Waals surface area contributed by atoms with Crippen molar-refractivity contribution in [3.63, 3.8) is 0 Å². The van der Waals surface area contributed by atoms with Crippen LogP contribution in [0.1, 0.15) is 41.0 Å². The second-order valence-corrected chi connectivity index (χ2v) is 5.50. The molecule has 0 heteroatoms. The Labute approximate surface area is 95.5 Å². The van der Waals surface area contributed by atoms with Crippen molar-refractivity contribution in [2.24, 2.45) is 16.7 Å². The molecule has 0 bridgehead atoms. The first-order chi connectivity index (χ1) is 6.77. The van der Waals surface area contributed by atoms with Crippen LogP contribution >= 0.6 is 0 Å². The Bertz CT molecular complexity index is 275. The Hall–Kier alpha value is -0.960. The molecule has 0 aromatic rings. The molecule has 0 amide bonds. The third kappa shape index (κ3) is 3.59. The molecule has 0 aliphatic carbocycles. The molecule has 0 saturated carbocycles. The van der Waals surface area contributed by atoms with Gasteiger partial charge in [0.2, 0.25) is 0 Å². The highest BCUT2D eigenvalue weighted by molar-refractivity contribution is 5.16. The summed E-state index contributed by atoms with van der Waals surface area (Å²) in [6.07, 6.45) is 4.54. The Morgan fingerprint density at radius 3 is 2.00 bits per heavy atom. The molecule has 0 saturated heterocycles. The van der Waals surface area contributed by atoms with Crippen LogP contribution in [0.4, 0.5) is 0 Å². The fraction of sp³-hybridized carbons (Fsp3) is 0.600. The zero-order valence-electron chi connectivity index (χ0n) is 10.9. The third-order valence-corrected chi connectivity index (χ3v) is 3.45. The van der Waals surface area contributed by atoms with Crippen LogP contribution in [0.3, 0.4) is 0 Å². The van der Waals surface area contributed by atoms with Crippen LogP contribution in [0.5, 0.6) is 0 Å². The highest BCUT2D eigenvalue weighted by atomic mass is 14.4. The van der Waals surface area contributed by atoms with Crippen LogP contribution in [0.2, 0.25) is 0 Å². The van der Waals surface area contributed by atoms with E-state index in [0.29, 0.717) is 0 Å². The number of allylic oxidation sites excluding steroid dienone is 2. The van der Waals surface area contributed by atoms with Gasteiger partial charge in [-0.05, 0) is 10.8 Å². The molecule has 0 spiro atoms. The van der Waals surface area contributed by atoms with Crippen LogP contribution in [0, 0.1) is 28.6 Å². The monoisotopic (exact) mass is 204 g/mol. The number of hydrogen-bond acceptors (Lipinski definition) is 0. The van der Waals surface area contributed by atoms with Crippen molar-refractivity contribution in [3.8, 4) is 11.8 Å². The van der Waals surface area contributed by atoms with E-state index in [2.05, 4.69) is 59.6 Å². The molecule has 1 atom stereocenters. The Morgan fingerprint density at radius 1 is 1.13 bits per heavy atom. The van der Waals surface area contributed by atoms with E-state index in [1.165, 1.54) is 0 Å². The average Bonchev–Trinajstić information content (AvgIpc) is 2.10. The predicted octanol–water partition coefficient (Wildman–Crippen LogP) is 4.44. The molecule has 0 aromatic heterocycles. The lowest BCUT2D eigenvalue weighted by atomic mass is 9.62. The molecule has 1 unspecified atom stereocenters. The van der Waals surface area contributed by atoms with Gasteiger partial charge in [-0.1, -0.05) is 58.6 Å². The van der Waals surface area contributed by atoms with Gasteiger partial charge in [0.05, 0.1) is 0 Å². The van der Waals surface area contributed by atoms with Crippen molar-refractivity contribution in [3.05, 3.63) is 25.3 Å². The van der Waals surface area contributed by atoms with E-state index in [1.54, 1.807) is 0 Å². The van der Waals surface area contributed by atoms with E-state index in [1.807, 2.05) is 12.2 Å². The minimum Gasteiger partial charge on any atom is -0.102 e. The van der Waals surface area contributed by atoms with Crippen LogP contribution < -0.4 is 0 Å². The van der Waals surface area contributed by atoms with E-state index in [0.717, 1.165) is 6.42 Å². The van der Waals surface area contributed by atoms with Crippen molar-refractivity contribution in [1.29, 1.82) is 0 Å². The summed E-state index contributed by atoms with van der Waals surface area (Å²) < 4.78 is 0. The SMILES string of the molecule is C=CCC#CC(C=C)C(C)(C)C(C)(C)C. The van der Waals surface area contributed by atoms with Gasteiger partial charge >= 0.3 is 0 Å². The standard InChI is InChI=1S/C15H24/c1-8-10-11-12-13(9-2)15(6,7)14(3,4)5/h8-9,13H,1-2,10H2,3-7H3. The van der Waals surface area contributed by atoms with Gasteiger partial charge in [0.25, 0.3) is 0 Å². The van der Waals surface area contributed by atoms with Crippen molar-refractivity contribution >= 4 is 0 Å². The Kier molecular flexibility index (Phi) is 4.88. The number of hydrogen-bond donors (Lipinski definition) is 0. The smallest absolute Gasteiger partial charge is 0.0436 e. The van der Waals surface area contributed by atoms with E-state index in [-0.39, 0.29) is 16.7 Å². The molecule has 0 aliphatic heterocycles. The molecule has 0 fully saturated rings. The molecular weight excluding hydrogens is 180 g/mol. The van der Waals surface area contributed by atoms with Crippen molar-refractivity contribution < 1.29 is 0 Å². The van der Waals surface area contributed by atoms with Gasteiger partial charge in [0.15, 0.2) is 0 Å². The van der Waals surface area contributed by atoms with Crippen molar-refractivity contribution in [1.82, 2.24) is 0 Å². The summed E-state index contributed by atoms with van der Waals surface area (Å²) in [5.74, 6) is 6.64. The zero-order chi connectivity index (χ0) is 12.1. The molecule has 84 valence electrons. The van der Waals surface area contributed by atoms with E-state index in [9.17, 15) is 0 Å². The topological polar surface area (TPSA) is 0 Å². The highest BCUT2D eigenvalue weighted by Crippen LogP contribution is 2.44. The predicted molar refractivity (Wildman–Crippen MR) is 69.5 cm³/mol. The minimum atomic E-state index is 0.128. The summed E-state index contributed by atoms with van der Waals surface area (Å²) in [6.45, 7) is 18.8. The second-order valence-electron chi connectivity index (χ2n) is 5.50. The number of rotatable bonds is 3. The second kappa shape index (κ2) is 5.21. The molecule has 15 heavy (non-hydrogen) atoms. The minimum absolute atomic E-state index is 0.128. The largest absolute Gasteiger partial charge is 0.102 e. The van der Waals surface area contributed by atoms with Crippen LogP contribution in [-0.4, -0.2) is 0 Å². The molecular formula is C15H24. The molecule has 0 radical (unpaired) electrons. The van der Waals surface area contributed by atoms with Gasteiger partial charge in [-0.15, -0.1) is 13.2 Å². The summed E-state index contributed by atoms with van der Waals surface area (Å²) in [5, 5.41) is 0. The molecule has 0 rings (SSSR count). The highest BCUT2D eigenvalue weighted by Gasteiger charge is 2.37. The first-order valence-electron chi connectivity index (χ1n) is 5.49. The first kappa shape index (κ1) is 14.0. The lowest BCUT2D eigenvalue weighted by Crippen LogP contribution is -2.35.